The first-order valence-electron chi connectivity index (χ1n) is 8.03. The van der Waals surface area contributed by atoms with Crippen LogP contribution in [0.5, 0.6) is 5.88 Å². The molecule has 0 aromatic carbocycles. The van der Waals surface area contributed by atoms with E-state index in [0.717, 1.165) is 30.2 Å². The van der Waals surface area contributed by atoms with Gasteiger partial charge < -0.3 is 9.72 Å². The average Bonchev–Trinajstić information content (AvgIpc) is 3.23. The van der Waals surface area contributed by atoms with Crippen molar-refractivity contribution >= 4 is 23.3 Å². The summed E-state index contributed by atoms with van der Waals surface area (Å²) < 4.78 is 9.58. The maximum Gasteiger partial charge on any atom is 0.234 e. The summed E-state index contributed by atoms with van der Waals surface area (Å²) >= 11 is 3.33. The molecule has 23 heavy (non-hydrogen) atoms. The zero-order valence-corrected chi connectivity index (χ0v) is 15.5. The van der Waals surface area contributed by atoms with Crippen LogP contribution in [0.4, 0.5) is 0 Å². The lowest BCUT2D eigenvalue weighted by Gasteiger charge is -2.35. The molecule has 5 nitrogen and oxygen atoms in total. The Balaban J connectivity index is 1.80. The fourth-order valence-electron chi connectivity index (χ4n) is 3.12. The summed E-state index contributed by atoms with van der Waals surface area (Å²) in [5.41, 5.74) is 1.99. The first-order valence-corrected chi connectivity index (χ1v) is 10.2. The van der Waals surface area contributed by atoms with Crippen molar-refractivity contribution in [2.75, 3.05) is 26.5 Å². The fourth-order valence-corrected chi connectivity index (χ4v) is 4.11. The molecule has 0 spiro atoms. The molecular weight excluding hydrogens is 328 g/mol. The fraction of sp³-hybridized carbons (Fsp3) is 0.625. The van der Waals surface area contributed by atoms with Gasteiger partial charge in [0.15, 0.2) is 0 Å². The van der Waals surface area contributed by atoms with Gasteiger partial charge in [-0.2, -0.15) is 16.1 Å². The number of rotatable bonds is 6. The molecule has 3 rings (SSSR count). The van der Waals surface area contributed by atoms with Gasteiger partial charge in [0, 0.05) is 17.2 Å². The summed E-state index contributed by atoms with van der Waals surface area (Å²) in [5, 5.41) is 2.65. The zero-order valence-electron chi connectivity index (χ0n) is 13.9. The molecule has 0 radical (unpaired) electrons. The first kappa shape index (κ1) is 16.8. The number of methoxy groups -OCH3 is 1. The summed E-state index contributed by atoms with van der Waals surface area (Å²) in [6, 6.07) is 0.393. The van der Waals surface area contributed by atoms with Crippen LogP contribution in [0.2, 0.25) is 0 Å². The Hall–Kier alpha value is -1.05. The van der Waals surface area contributed by atoms with Crippen LogP contribution in [-0.4, -0.2) is 50.9 Å². The highest BCUT2D eigenvalue weighted by Gasteiger charge is 2.27. The number of nitrogens with one attached hydrogen (secondary N) is 1. The molecule has 0 amide bonds. The van der Waals surface area contributed by atoms with Crippen molar-refractivity contribution in [1.82, 2.24) is 19.2 Å². The molecule has 1 saturated heterocycles. The van der Waals surface area contributed by atoms with E-state index >= 15 is 0 Å². The topological polar surface area (TPSA) is 54.0 Å². The summed E-state index contributed by atoms with van der Waals surface area (Å²) in [6.45, 7) is 4.58. The van der Waals surface area contributed by atoms with E-state index in [1.54, 1.807) is 7.11 Å². The summed E-state index contributed by atoms with van der Waals surface area (Å²) in [7, 11) is 1.66. The van der Waals surface area contributed by atoms with Gasteiger partial charge in [-0.1, -0.05) is 13.3 Å². The minimum absolute atomic E-state index is 0.393. The monoisotopic (exact) mass is 352 g/mol. The normalized spacial score (nSPS) is 20.6. The minimum atomic E-state index is 0.393. The quantitative estimate of drug-likeness (QED) is 0.856. The highest BCUT2D eigenvalue weighted by molar-refractivity contribution is 7.99. The van der Waals surface area contributed by atoms with Crippen molar-refractivity contribution in [1.29, 1.82) is 0 Å². The van der Waals surface area contributed by atoms with E-state index in [2.05, 4.69) is 32.4 Å². The number of hydrogen-bond acceptors (Lipinski definition) is 6. The van der Waals surface area contributed by atoms with Crippen molar-refractivity contribution in [2.24, 2.45) is 0 Å². The number of nitrogens with zero attached hydrogens (tertiary/aromatic N) is 3. The largest absolute Gasteiger partial charge is 0.480 e. The van der Waals surface area contributed by atoms with Gasteiger partial charge in [-0.15, -0.1) is 0 Å². The molecule has 126 valence electrons. The smallest absolute Gasteiger partial charge is 0.234 e. The SMILES string of the molecule is COc1nscc1-c1cnc(C2CCCCN2CC(C)SC)[nH]1. The second kappa shape index (κ2) is 7.68. The van der Waals surface area contributed by atoms with Gasteiger partial charge in [-0.3, -0.25) is 4.90 Å². The van der Waals surface area contributed by atoms with Crippen LogP contribution in [-0.2, 0) is 0 Å². The Morgan fingerprint density at radius 3 is 3.17 bits per heavy atom. The number of H-pyrrole nitrogens is 1. The van der Waals surface area contributed by atoms with Gasteiger partial charge >= 0.3 is 0 Å². The number of ether oxygens (including phenoxy) is 1. The summed E-state index contributed by atoms with van der Waals surface area (Å²) in [4.78, 5) is 10.8. The van der Waals surface area contributed by atoms with Crippen molar-refractivity contribution < 1.29 is 4.74 Å². The molecule has 3 heterocycles. The Labute approximate surface area is 146 Å². The van der Waals surface area contributed by atoms with Crippen LogP contribution in [0.15, 0.2) is 11.6 Å². The summed E-state index contributed by atoms with van der Waals surface area (Å²) in [5.74, 6) is 1.74. The second-order valence-electron chi connectivity index (χ2n) is 5.97. The van der Waals surface area contributed by atoms with Gasteiger partial charge in [0.2, 0.25) is 5.88 Å². The van der Waals surface area contributed by atoms with Crippen molar-refractivity contribution in [3.63, 3.8) is 0 Å². The number of aromatic nitrogens is 3. The molecule has 1 fully saturated rings. The third kappa shape index (κ3) is 3.72. The predicted octanol–water partition coefficient (Wildman–Crippen LogP) is 3.82. The number of thioether (sulfide) groups is 1. The maximum absolute atomic E-state index is 5.32. The third-order valence-electron chi connectivity index (χ3n) is 4.44. The molecule has 2 atom stereocenters. The molecule has 2 aromatic heterocycles. The maximum atomic E-state index is 5.32. The Bertz CT molecular complexity index is 627. The predicted molar refractivity (Wildman–Crippen MR) is 97.4 cm³/mol. The van der Waals surface area contributed by atoms with E-state index in [9.17, 15) is 0 Å². The Morgan fingerprint density at radius 1 is 1.52 bits per heavy atom. The number of aromatic amines is 1. The molecule has 0 aliphatic carbocycles. The molecule has 1 aliphatic heterocycles. The van der Waals surface area contributed by atoms with Crippen molar-refractivity contribution in [3.8, 4) is 17.1 Å². The van der Waals surface area contributed by atoms with E-state index in [4.69, 9.17) is 4.74 Å². The highest BCUT2D eigenvalue weighted by atomic mass is 32.2. The second-order valence-corrected chi connectivity index (χ2v) is 7.88. The molecule has 2 aromatic rings. The van der Waals surface area contributed by atoms with E-state index in [1.165, 1.54) is 30.8 Å². The number of imidazole rings is 1. The van der Waals surface area contributed by atoms with Crippen LogP contribution in [0, 0.1) is 0 Å². The number of likely N-dealkylation sites (tertiary alicyclic amines) is 1. The zero-order chi connectivity index (χ0) is 16.2. The molecule has 0 bridgehead atoms. The van der Waals surface area contributed by atoms with Crippen LogP contribution >= 0.6 is 23.3 Å². The third-order valence-corrected chi connectivity index (χ3v) is 6.01. The molecule has 7 heteroatoms. The van der Waals surface area contributed by atoms with Gasteiger partial charge in [-0.05, 0) is 37.2 Å². The molecule has 0 saturated carbocycles. The lowest BCUT2D eigenvalue weighted by atomic mass is 10.0. The van der Waals surface area contributed by atoms with Gasteiger partial charge in [0.05, 0.1) is 30.6 Å². The lowest BCUT2D eigenvalue weighted by molar-refractivity contribution is 0.145. The lowest BCUT2D eigenvalue weighted by Crippen LogP contribution is -2.37. The average molecular weight is 353 g/mol. The Morgan fingerprint density at radius 2 is 2.39 bits per heavy atom. The van der Waals surface area contributed by atoms with Gasteiger partial charge in [-0.25, -0.2) is 4.98 Å². The van der Waals surface area contributed by atoms with Crippen LogP contribution in [0.3, 0.4) is 0 Å². The van der Waals surface area contributed by atoms with Crippen LogP contribution < -0.4 is 4.74 Å². The van der Waals surface area contributed by atoms with Crippen LogP contribution in [0.25, 0.3) is 11.3 Å². The van der Waals surface area contributed by atoms with Crippen LogP contribution in [0.1, 0.15) is 38.1 Å². The molecular formula is C16H24N4OS2. The van der Waals surface area contributed by atoms with Gasteiger partial charge in [0.25, 0.3) is 0 Å². The van der Waals surface area contributed by atoms with E-state index in [-0.39, 0.29) is 0 Å². The molecule has 1 aliphatic rings. The van der Waals surface area contributed by atoms with Crippen molar-refractivity contribution in [3.05, 3.63) is 17.4 Å². The highest BCUT2D eigenvalue weighted by Crippen LogP contribution is 2.34. The minimum Gasteiger partial charge on any atom is -0.480 e. The molecule has 1 N–H and O–H groups in total. The van der Waals surface area contributed by atoms with Gasteiger partial charge in [0.1, 0.15) is 5.82 Å². The summed E-state index contributed by atoms with van der Waals surface area (Å²) in [6.07, 6.45) is 7.82. The standard InChI is InChI=1S/C16H24N4OS2/c1-11(22-3)9-20-7-5-4-6-14(20)15-17-8-13(18-15)12-10-23-19-16(12)21-2/h8,10-11,14H,4-7,9H2,1-3H3,(H,17,18). The van der Waals surface area contributed by atoms with Crippen molar-refractivity contribution in [2.45, 2.75) is 37.5 Å². The Kier molecular flexibility index (Phi) is 5.61. The van der Waals surface area contributed by atoms with E-state index < -0.39 is 0 Å². The number of hydrogen-bond donors (Lipinski definition) is 1. The number of piperidine rings is 1. The van der Waals surface area contributed by atoms with E-state index in [1.807, 2.05) is 23.3 Å². The molecule has 2 unspecified atom stereocenters. The first-order chi connectivity index (χ1) is 11.2. The van der Waals surface area contributed by atoms with E-state index in [0.29, 0.717) is 17.2 Å².